The summed E-state index contributed by atoms with van der Waals surface area (Å²) in [6.07, 6.45) is 1.38. The largest absolute Gasteiger partial charge is 0.504 e. The number of carbonyl (C=O) groups is 1. The van der Waals surface area contributed by atoms with Crippen LogP contribution in [-0.2, 0) is 0 Å². The Bertz CT molecular complexity index is 654. The molecule has 0 aromatic heterocycles. The van der Waals surface area contributed by atoms with Crippen molar-refractivity contribution in [3.63, 3.8) is 0 Å². The van der Waals surface area contributed by atoms with E-state index < -0.39 is 0 Å². The van der Waals surface area contributed by atoms with Crippen molar-refractivity contribution in [2.45, 2.75) is 0 Å². The second-order valence-electron chi connectivity index (χ2n) is 3.95. The summed E-state index contributed by atoms with van der Waals surface area (Å²) in [5.74, 6) is -0.761. The van der Waals surface area contributed by atoms with Crippen LogP contribution >= 0.6 is 22.6 Å². The molecule has 0 bridgehead atoms. The van der Waals surface area contributed by atoms with Crippen LogP contribution in [0.3, 0.4) is 0 Å². The smallest absolute Gasteiger partial charge is 0.271 e. The fourth-order valence-electron chi connectivity index (χ4n) is 1.45. The number of hydrogen-bond acceptors (Lipinski definition) is 4. The molecule has 2 aromatic carbocycles. The van der Waals surface area contributed by atoms with Gasteiger partial charge in [0.05, 0.1) is 6.21 Å². The molecule has 2 aromatic rings. The second-order valence-corrected chi connectivity index (χ2v) is 5.20. The third-order valence-corrected chi connectivity index (χ3v) is 3.20. The van der Waals surface area contributed by atoms with Crippen molar-refractivity contribution in [3.05, 3.63) is 57.2 Å². The maximum atomic E-state index is 11.8. The molecule has 1 amide bonds. The predicted octanol–water partition coefficient (Wildman–Crippen LogP) is 2.47. The summed E-state index contributed by atoms with van der Waals surface area (Å²) in [6.45, 7) is 0. The van der Waals surface area contributed by atoms with E-state index in [1.165, 1.54) is 18.3 Å². The molecular weight excluding hydrogens is 371 g/mol. The van der Waals surface area contributed by atoms with E-state index in [1.54, 1.807) is 18.2 Å². The van der Waals surface area contributed by atoms with E-state index in [1.807, 2.05) is 12.1 Å². The molecule has 0 atom stereocenters. The minimum atomic E-state index is -0.319. The van der Waals surface area contributed by atoms with Gasteiger partial charge < -0.3 is 10.2 Å². The summed E-state index contributed by atoms with van der Waals surface area (Å²) in [4.78, 5) is 11.8. The number of hydrogen-bond donors (Lipinski definition) is 3. The maximum Gasteiger partial charge on any atom is 0.271 e. The monoisotopic (exact) mass is 382 g/mol. The lowest BCUT2D eigenvalue weighted by Crippen LogP contribution is -2.17. The highest BCUT2D eigenvalue weighted by Gasteiger charge is 2.03. The molecule has 2 rings (SSSR count). The molecular formula is C14H11IN2O3. The number of hydrazone groups is 1. The van der Waals surface area contributed by atoms with Crippen LogP contribution in [-0.4, -0.2) is 22.3 Å². The van der Waals surface area contributed by atoms with E-state index in [2.05, 4.69) is 33.1 Å². The number of rotatable bonds is 3. The fourth-order valence-corrected chi connectivity index (χ4v) is 1.81. The Kier molecular flexibility index (Phi) is 4.57. The van der Waals surface area contributed by atoms with Gasteiger partial charge in [-0.3, -0.25) is 4.79 Å². The lowest BCUT2D eigenvalue weighted by molar-refractivity contribution is 0.0955. The molecule has 102 valence electrons. The first-order valence-corrected chi connectivity index (χ1v) is 6.75. The zero-order valence-electron chi connectivity index (χ0n) is 10.2. The summed E-state index contributed by atoms with van der Waals surface area (Å²) >= 11 is 2.16. The van der Waals surface area contributed by atoms with Crippen molar-refractivity contribution in [2.24, 2.45) is 5.10 Å². The van der Waals surface area contributed by atoms with E-state index in [9.17, 15) is 9.90 Å². The van der Waals surface area contributed by atoms with Crippen molar-refractivity contribution in [1.29, 1.82) is 0 Å². The van der Waals surface area contributed by atoms with Crippen molar-refractivity contribution in [1.82, 2.24) is 5.43 Å². The summed E-state index contributed by atoms with van der Waals surface area (Å²) in [7, 11) is 0. The number of phenols is 2. The molecule has 0 heterocycles. The van der Waals surface area contributed by atoms with Crippen LogP contribution in [0.1, 0.15) is 15.9 Å². The van der Waals surface area contributed by atoms with Crippen LogP contribution in [0.25, 0.3) is 0 Å². The average Bonchev–Trinajstić information content (AvgIpc) is 2.43. The minimum absolute atomic E-state index is 0.204. The second kappa shape index (κ2) is 6.38. The number of nitrogens with zero attached hydrogens (tertiary/aromatic N) is 1. The van der Waals surface area contributed by atoms with Gasteiger partial charge in [0.1, 0.15) is 0 Å². The number of benzene rings is 2. The van der Waals surface area contributed by atoms with E-state index in [4.69, 9.17) is 5.11 Å². The number of amides is 1. The number of aromatic hydroxyl groups is 2. The third kappa shape index (κ3) is 3.70. The summed E-state index contributed by atoms with van der Waals surface area (Å²) in [5.41, 5.74) is 3.45. The standard InChI is InChI=1S/C14H11IN2O3/c15-11-4-2-10(3-5-11)14(20)17-16-8-9-1-6-12(18)13(19)7-9/h1-8,18-19H,(H,17,20)/b16-8-. The van der Waals surface area contributed by atoms with Crippen molar-refractivity contribution >= 4 is 34.7 Å². The van der Waals surface area contributed by atoms with Crippen LogP contribution in [0, 0.1) is 3.57 Å². The van der Waals surface area contributed by atoms with E-state index in [-0.39, 0.29) is 17.4 Å². The Morgan fingerprint density at radius 3 is 2.45 bits per heavy atom. The molecule has 0 saturated carbocycles. The lowest BCUT2D eigenvalue weighted by atomic mass is 10.2. The van der Waals surface area contributed by atoms with E-state index in [0.717, 1.165) is 3.57 Å². The summed E-state index contributed by atoms with van der Waals surface area (Å²) in [6, 6.07) is 11.3. The predicted molar refractivity (Wildman–Crippen MR) is 84.0 cm³/mol. The van der Waals surface area contributed by atoms with Crippen LogP contribution in [0.4, 0.5) is 0 Å². The van der Waals surface area contributed by atoms with Gasteiger partial charge >= 0.3 is 0 Å². The SMILES string of the molecule is O=C(N/N=C\c1ccc(O)c(O)c1)c1ccc(I)cc1. The van der Waals surface area contributed by atoms with Gasteiger partial charge in [0.25, 0.3) is 5.91 Å². The highest BCUT2D eigenvalue weighted by atomic mass is 127. The van der Waals surface area contributed by atoms with Gasteiger partial charge in [-0.15, -0.1) is 0 Å². The number of phenolic OH excluding ortho intramolecular Hbond substituents is 2. The van der Waals surface area contributed by atoms with E-state index in [0.29, 0.717) is 11.1 Å². The van der Waals surface area contributed by atoms with Crippen molar-refractivity contribution < 1.29 is 15.0 Å². The molecule has 0 aliphatic carbocycles. The van der Waals surface area contributed by atoms with Crippen molar-refractivity contribution in [2.75, 3.05) is 0 Å². The Morgan fingerprint density at radius 1 is 1.10 bits per heavy atom. The first kappa shape index (κ1) is 14.3. The van der Waals surface area contributed by atoms with Gasteiger partial charge in [0.15, 0.2) is 11.5 Å². The van der Waals surface area contributed by atoms with Crippen LogP contribution in [0.2, 0.25) is 0 Å². The first-order valence-electron chi connectivity index (χ1n) is 5.67. The molecule has 0 unspecified atom stereocenters. The number of carbonyl (C=O) groups excluding carboxylic acids is 1. The third-order valence-electron chi connectivity index (χ3n) is 2.49. The molecule has 6 heteroatoms. The highest BCUT2D eigenvalue weighted by Crippen LogP contribution is 2.23. The van der Waals surface area contributed by atoms with Crippen LogP contribution < -0.4 is 5.43 Å². The van der Waals surface area contributed by atoms with Crippen LogP contribution in [0.15, 0.2) is 47.6 Å². The first-order chi connectivity index (χ1) is 9.56. The quantitative estimate of drug-likeness (QED) is 0.330. The molecule has 0 radical (unpaired) electrons. The zero-order chi connectivity index (χ0) is 14.5. The molecule has 0 fully saturated rings. The molecule has 0 aliphatic rings. The van der Waals surface area contributed by atoms with Gasteiger partial charge in [0.2, 0.25) is 0 Å². The Labute approximate surface area is 129 Å². The van der Waals surface area contributed by atoms with Crippen LogP contribution in [0.5, 0.6) is 11.5 Å². The Morgan fingerprint density at radius 2 is 1.80 bits per heavy atom. The summed E-state index contributed by atoms with van der Waals surface area (Å²) in [5, 5.41) is 22.3. The molecule has 5 nitrogen and oxygen atoms in total. The zero-order valence-corrected chi connectivity index (χ0v) is 12.4. The lowest BCUT2D eigenvalue weighted by Gasteiger charge is -2.00. The van der Waals surface area contributed by atoms with Gasteiger partial charge in [0, 0.05) is 9.13 Å². The van der Waals surface area contributed by atoms with Crippen molar-refractivity contribution in [3.8, 4) is 11.5 Å². The number of halogens is 1. The Balaban J connectivity index is 2.00. The van der Waals surface area contributed by atoms with E-state index >= 15 is 0 Å². The van der Waals surface area contributed by atoms with Gasteiger partial charge in [-0.2, -0.15) is 5.10 Å². The molecule has 0 spiro atoms. The molecule has 3 N–H and O–H groups in total. The average molecular weight is 382 g/mol. The normalized spacial score (nSPS) is 10.7. The topological polar surface area (TPSA) is 81.9 Å². The fraction of sp³-hybridized carbons (Fsp3) is 0. The molecule has 0 saturated heterocycles. The summed E-state index contributed by atoms with van der Waals surface area (Å²) < 4.78 is 1.04. The Hall–Kier alpha value is -2.09. The van der Waals surface area contributed by atoms with Gasteiger partial charge in [-0.1, -0.05) is 0 Å². The minimum Gasteiger partial charge on any atom is -0.504 e. The maximum absolute atomic E-state index is 11.8. The molecule has 0 aliphatic heterocycles. The number of nitrogens with one attached hydrogen (secondary N) is 1. The molecule has 20 heavy (non-hydrogen) atoms. The van der Waals surface area contributed by atoms with Gasteiger partial charge in [-0.25, -0.2) is 5.43 Å². The van der Waals surface area contributed by atoms with Gasteiger partial charge in [-0.05, 0) is 70.6 Å². The highest BCUT2D eigenvalue weighted by molar-refractivity contribution is 14.1.